The van der Waals surface area contributed by atoms with Crippen LogP contribution in [-0.2, 0) is 0 Å². The van der Waals surface area contributed by atoms with Gasteiger partial charge in [-0.3, -0.25) is 9.78 Å². The van der Waals surface area contributed by atoms with Crippen molar-refractivity contribution in [1.29, 1.82) is 0 Å². The van der Waals surface area contributed by atoms with E-state index in [-0.39, 0.29) is 5.78 Å². The number of Topliss-reactive ketones (excluding diaryl/α,β-unsaturated/α-hetero) is 1. The molecule has 0 fully saturated rings. The summed E-state index contributed by atoms with van der Waals surface area (Å²) in [6.07, 6.45) is 3.23. The molecule has 0 aliphatic carbocycles. The molecule has 0 aliphatic heterocycles. The minimum Gasteiger partial charge on any atom is -0.320 e. The van der Waals surface area contributed by atoms with E-state index in [1.54, 1.807) is 6.20 Å². The van der Waals surface area contributed by atoms with Gasteiger partial charge in [0.25, 0.3) is 0 Å². The lowest BCUT2D eigenvalue weighted by Gasteiger charge is -2.02. The molecule has 2 rings (SSSR count). The van der Waals surface area contributed by atoms with Gasteiger partial charge in [0.15, 0.2) is 5.78 Å². The maximum Gasteiger partial charge on any atom is 0.162 e. The van der Waals surface area contributed by atoms with E-state index in [1.165, 1.54) is 0 Å². The summed E-state index contributed by atoms with van der Waals surface area (Å²) in [6.45, 7) is 0.876. The number of nitrogens with one attached hydrogen (secondary N) is 1. The Bertz CT molecular complexity index is 522. The van der Waals surface area contributed by atoms with Crippen LogP contribution in [0.25, 0.3) is 10.9 Å². The molecule has 0 unspecified atom stereocenters. The van der Waals surface area contributed by atoms with Gasteiger partial charge in [-0.15, -0.1) is 0 Å². The maximum atomic E-state index is 11.9. The third-order valence-electron chi connectivity index (χ3n) is 2.76. The van der Waals surface area contributed by atoms with Gasteiger partial charge in [0.2, 0.25) is 0 Å². The highest BCUT2D eigenvalue weighted by Gasteiger charge is 2.06. The molecule has 1 aromatic heterocycles. The summed E-state index contributed by atoms with van der Waals surface area (Å²) in [5, 5.41) is 4.06. The van der Waals surface area contributed by atoms with Crippen LogP contribution in [0.3, 0.4) is 0 Å². The Balaban J connectivity index is 2.15. The van der Waals surface area contributed by atoms with Crippen molar-refractivity contribution in [2.75, 3.05) is 13.6 Å². The lowest BCUT2D eigenvalue weighted by atomic mass is 10.0. The molecule has 17 heavy (non-hydrogen) atoms. The molecule has 1 N–H and O–H groups in total. The highest BCUT2D eigenvalue weighted by Crippen LogP contribution is 2.15. The van der Waals surface area contributed by atoms with Crippen molar-refractivity contribution >= 4 is 16.7 Å². The van der Waals surface area contributed by atoms with Gasteiger partial charge < -0.3 is 5.32 Å². The lowest BCUT2D eigenvalue weighted by molar-refractivity contribution is 0.0980. The number of aromatic nitrogens is 1. The second-order valence-electron chi connectivity index (χ2n) is 4.04. The highest BCUT2D eigenvalue weighted by atomic mass is 16.1. The SMILES string of the molecule is CNCCCC(=O)c1ccc2ncccc2c1. The highest BCUT2D eigenvalue weighted by molar-refractivity contribution is 5.99. The number of benzene rings is 1. The fraction of sp³-hybridized carbons (Fsp3) is 0.286. The number of carbonyl (C=O) groups is 1. The zero-order chi connectivity index (χ0) is 12.1. The van der Waals surface area contributed by atoms with Crippen LogP contribution < -0.4 is 5.32 Å². The van der Waals surface area contributed by atoms with Crippen molar-refractivity contribution < 1.29 is 4.79 Å². The third kappa shape index (κ3) is 2.88. The summed E-state index contributed by atoms with van der Waals surface area (Å²) in [5.74, 6) is 0.200. The first kappa shape index (κ1) is 11.7. The van der Waals surface area contributed by atoms with Crippen molar-refractivity contribution in [2.24, 2.45) is 0 Å². The predicted molar refractivity (Wildman–Crippen MR) is 69.2 cm³/mol. The maximum absolute atomic E-state index is 11.9. The molecule has 0 saturated carbocycles. The van der Waals surface area contributed by atoms with Crippen molar-refractivity contribution in [3.8, 4) is 0 Å². The minimum atomic E-state index is 0.200. The molecule has 3 heteroatoms. The van der Waals surface area contributed by atoms with Crippen LogP contribution in [-0.4, -0.2) is 24.4 Å². The van der Waals surface area contributed by atoms with Crippen LogP contribution in [0.5, 0.6) is 0 Å². The quantitative estimate of drug-likeness (QED) is 0.631. The molecule has 0 amide bonds. The summed E-state index contributed by atoms with van der Waals surface area (Å²) in [5.41, 5.74) is 1.71. The van der Waals surface area contributed by atoms with E-state index in [0.717, 1.165) is 29.4 Å². The van der Waals surface area contributed by atoms with Gasteiger partial charge in [-0.2, -0.15) is 0 Å². The average molecular weight is 228 g/mol. The van der Waals surface area contributed by atoms with E-state index < -0.39 is 0 Å². The number of rotatable bonds is 5. The Morgan fingerprint density at radius 2 is 2.24 bits per heavy atom. The number of nitrogens with zero attached hydrogens (tertiary/aromatic N) is 1. The van der Waals surface area contributed by atoms with Crippen molar-refractivity contribution in [2.45, 2.75) is 12.8 Å². The first-order chi connectivity index (χ1) is 8.31. The van der Waals surface area contributed by atoms with Gasteiger partial charge in [-0.05, 0) is 44.3 Å². The molecular formula is C14H16N2O. The van der Waals surface area contributed by atoms with E-state index in [2.05, 4.69) is 10.3 Å². The standard InChI is InChI=1S/C14H16N2O/c1-15-8-3-5-14(17)12-6-7-13-11(10-12)4-2-9-16-13/h2,4,6-7,9-10,15H,3,5,8H2,1H3. The normalized spacial score (nSPS) is 10.6. The molecule has 0 aliphatic rings. The number of carbonyl (C=O) groups excluding carboxylic acids is 1. The minimum absolute atomic E-state index is 0.200. The number of ketones is 1. The van der Waals surface area contributed by atoms with Crippen LogP contribution >= 0.6 is 0 Å². The van der Waals surface area contributed by atoms with Gasteiger partial charge in [0.05, 0.1) is 5.52 Å². The topological polar surface area (TPSA) is 42.0 Å². The molecule has 0 spiro atoms. The number of pyridine rings is 1. The zero-order valence-corrected chi connectivity index (χ0v) is 9.94. The van der Waals surface area contributed by atoms with E-state index in [1.807, 2.05) is 37.4 Å². The van der Waals surface area contributed by atoms with E-state index in [0.29, 0.717) is 6.42 Å². The lowest BCUT2D eigenvalue weighted by Crippen LogP contribution is -2.10. The van der Waals surface area contributed by atoms with E-state index in [4.69, 9.17) is 0 Å². The molecule has 3 nitrogen and oxygen atoms in total. The average Bonchev–Trinajstić information content (AvgIpc) is 2.38. The second kappa shape index (κ2) is 5.55. The van der Waals surface area contributed by atoms with Gasteiger partial charge in [-0.1, -0.05) is 6.07 Å². The summed E-state index contributed by atoms with van der Waals surface area (Å²) in [4.78, 5) is 16.2. The molecule has 0 saturated heterocycles. The molecular weight excluding hydrogens is 212 g/mol. The van der Waals surface area contributed by atoms with Gasteiger partial charge >= 0.3 is 0 Å². The molecule has 1 heterocycles. The largest absolute Gasteiger partial charge is 0.320 e. The van der Waals surface area contributed by atoms with Crippen LogP contribution in [0.15, 0.2) is 36.5 Å². The summed E-state index contributed by atoms with van der Waals surface area (Å²) in [6, 6.07) is 9.55. The monoisotopic (exact) mass is 228 g/mol. The first-order valence-electron chi connectivity index (χ1n) is 5.84. The second-order valence-corrected chi connectivity index (χ2v) is 4.04. The zero-order valence-electron chi connectivity index (χ0n) is 9.94. The van der Waals surface area contributed by atoms with Crippen LogP contribution in [0.1, 0.15) is 23.2 Å². The molecule has 0 atom stereocenters. The predicted octanol–water partition coefficient (Wildman–Crippen LogP) is 2.42. The number of hydrogen-bond acceptors (Lipinski definition) is 3. The fourth-order valence-corrected chi connectivity index (χ4v) is 1.82. The van der Waals surface area contributed by atoms with Crippen molar-refractivity contribution in [1.82, 2.24) is 10.3 Å². The molecule has 0 bridgehead atoms. The van der Waals surface area contributed by atoms with Gasteiger partial charge in [0, 0.05) is 23.6 Å². The van der Waals surface area contributed by atoms with E-state index in [9.17, 15) is 4.79 Å². The summed E-state index contributed by atoms with van der Waals surface area (Å²) < 4.78 is 0. The molecule has 88 valence electrons. The van der Waals surface area contributed by atoms with Gasteiger partial charge in [-0.25, -0.2) is 0 Å². The van der Waals surface area contributed by atoms with Crippen LogP contribution in [0.4, 0.5) is 0 Å². The Labute approximate surface area is 101 Å². The Hall–Kier alpha value is -1.74. The summed E-state index contributed by atoms with van der Waals surface area (Å²) in [7, 11) is 1.90. The Morgan fingerprint density at radius 1 is 1.35 bits per heavy atom. The van der Waals surface area contributed by atoms with Crippen molar-refractivity contribution in [3.05, 3.63) is 42.1 Å². The van der Waals surface area contributed by atoms with E-state index >= 15 is 0 Å². The number of hydrogen-bond donors (Lipinski definition) is 1. The first-order valence-corrected chi connectivity index (χ1v) is 5.84. The Morgan fingerprint density at radius 3 is 3.06 bits per heavy atom. The smallest absolute Gasteiger partial charge is 0.162 e. The molecule has 2 aromatic rings. The van der Waals surface area contributed by atoms with Crippen LogP contribution in [0.2, 0.25) is 0 Å². The summed E-state index contributed by atoms with van der Waals surface area (Å²) >= 11 is 0. The molecule has 1 aromatic carbocycles. The van der Waals surface area contributed by atoms with Crippen LogP contribution in [0, 0.1) is 0 Å². The number of fused-ring (bicyclic) bond motifs is 1. The fourth-order valence-electron chi connectivity index (χ4n) is 1.82. The van der Waals surface area contributed by atoms with Gasteiger partial charge in [0.1, 0.15) is 0 Å². The Kier molecular flexibility index (Phi) is 3.83. The van der Waals surface area contributed by atoms with Crippen molar-refractivity contribution in [3.63, 3.8) is 0 Å². The third-order valence-corrected chi connectivity index (χ3v) is 2.76. The molecule has 0 radical (unpaired) electrons.